The van der Waals surface area contributed by atoms with Crippen LogP contribution in [0.15, 0.2) is 88.1 Å². The number of nitrogen functional groups attached to an aromatic ring is 1. The van der Waals surface area contributed by atoms with Crippen LogP contribution in [0.2, 0.25) is 0 Å². The quantitative estimate of drug-likeness (QED) is 0.167. The normalized spacial score (nSPS) is 12.1. The monoisotopic (exact) mass is 496 g/mol. The summed E-state index contributed by atoms with van der Waals surface area (Å²) in [5, 5.41) is 8.58. The van der Waals surface area contributed by atoms with Crippen LogP contribution in [0.25, 0.3) is 22.0 Å². The number of hydrogen-bond acceptors (Lipinski definition) is 6. The van der Waals surface area contributed by atoms with Crippen LogP contribution in [-0.4, -0.2) is 47.5 Å². The van der Waals surface area contributed by atoms with E-state index in [1.807, 2.05) is 0 Å². The fraction of sp³-hybridized carbons (Fsp3) is 0.0455. The Balaban J connectivity index is 0.00000324. The van der Waals surface area contributed by atoms with Gasteiger partial charge in [0, 0.05) is 16.3 Å². The Morgan fingerprint density at radius 1 is 0.912 bits per heavy atom. The van der Waals surface area contributed by atoms with Gasteiger partial charge in [0.15, 0.2) is 0 Å². The summed E-state index contributed by atoms with van der Waals surface area (Å²) in [5.74, 6) is 0. The van der Waals surface area contributed by atoms with E-state index in [9.17, 15) is 26.1 Å². The number of fused-ring (bicyclic) bond motifs is 1. The van der Waals surface area contributed by atoms with Gasteiger partial charge < -0.3 is 5.73 Å². The van der Waals surface area contributed by atoms with Gasteiger partial charge in [0.2, 0.25) is 0 Å². The molecule has 0 saturated carbocycles. The van der Waals surface area contributed by atoms with Crippen molar-refractivity contribution in [1.29, 1.82) is 0 Å². The number of halogens is 3. The molecule has 0 aliphatic rings. The van der Waals surface area contributed by atoms with E-state index in [1.54, 1.807) is 18.2 Å². The van der Waals surface area contributed by atoms with Crippen LogP contribution in [0.4, 0.5) is 30.2 Å². The summed E-state index contributed by atoms with van der Waals surface area (Å²) >= 11 is 0. The molecule has 3 N–H and O–H groups in total. The van der Waals surface area contributed by atoms with Crippen LogP contribution in [0, 0.1) is 0 Å². The van der Waals surface area contributed by atoms with Crippen LogP contribution in [0.5, 0.6) is 0 Å². The number of nitrogens with zero attached hydrogens (tertiary/aromatic N) is 3. The van der Waals surface area contributed by atoms with Gasteiger partial charge in [0.1, 0.15) is 16.3 Å². The first kappa shape index (κ1) is 25.8. The fourth-order valence-corrected chi connectivity index (χ4v) is 3.95. The molecule has 0 amide bonds. The van der Waals surface area contributed by atoms with Gasteiger partial charge in [-0.25, -0.2) is 0 Å². The van der Waals surface area contributed by atoms with Crippen molar-refractivity contribution in [1.82, 2.24) is 4.98 Å². The minimum absolute atomic E-state index is 0. The molecule has 34 heavy (non-hydrogen) atoms. The molecule has 1 aromatic heterocycles. The van der Waals surface area contributed by atoms with Crippen LogP contribution in [0.1, 0.15) is 5.56 Å². The fourth-order valence-electron chi connectivity index (χ4n) is 3.23. The van der Waals surface area contributed by atoms with Crippen molar-refractivity contribution in [2.24, 2.45) is 10.2 Å². The average molecular weight is 496 g/mol. The molecule has 4 rings (SSSR count). The maximum absolute atomic E-state index is 12.9. The first-order valence-electron chi connectivity index (χ1n) is 9.38. The summed E-state index contributed by atoms with van der Waals surface area (Å²) in [5.41, 5.74) is 6.34. The predicted octanol–water partition coefficient (Wildman–Crippen LogP) is 5.52. The molecule has 0 aliphatic heterocycles. The Labute approximate surface area is 214 Å². The zero-order valence-electron chi connectivity index (χ0n) is 16.7. The van der Waals surface area contributed by atoms with E-state index in [0.29, 0.717) is 11.1 Å². The number of aromatic nitrogens is 1. The van der Waals surface area contributed by atoms with E-state index in [0.717, 1.165) is 18.2 Å². The molecule has 0 spiro atoms. The van der Waals surface area contributed by atoms with Crippen LogP contribution < -0.4 is 5.73 Å². The van der Waals surface area contributed by atoms with Gasteiger partial charge in [-0.3, -0.25) is 9.54 Å². The number of pyridine rings is 1. The van der Waals surface area contributed by atoms with Gasteiger partial charge >= 0.3 is 35.7 Å². The Bertz CT molecular complexity index is 1490. The van der Waals surface area contributed by atoms with E-state index in [-0.39, 0.29) is 62.5 Å². The third kappa shape index (κ3) is 5.45. The molecular formula is C22H16F3N4NaO3S. The molecule has 4 aromatic rings. The topological polar surface area (TPSA) is 118 Å². The summed E-state index contributed by atoms with van der Waals surface area (Å²) in [6.07, 6.45) is -3.16. The van der Waals surface area contributed by atoms with Gasteiger partial charge in [-0.2, -0.15) is 21.6 Å². The molecule has 7 nitrogen and oxygen atoms in total. The summed E-state index contributed by atoms with van der Waals surface area (Å²) in [4.78, 5) is 3.76. The molecule has 0 unspecified atom stereocenters. The second-order valence-corrected chi connectivity index (χ2v) is 8.40. The Kier molecular flexibility index (Phi) is 7.44. The van der Waals surface area contributed by atoms with Crippen molar-refractivity contribution in [3.63, 3.8) is 0 Å². The molecule has 12 heteroatoms. The SMILES string of the molecule is Nc1c(N=Nc2ccc(-c3cccc(C(F)(F)F)c3)nc2)cc(S(=O)(=O)O)c2ccccc12.[NaH]. The van der Waals surface area contributed by atoms with Crippen molar-refractivity contribution >= 4 is 67.5 Å². The standard InChI is InChI=1S/C22H15F3N4O3S.Na.H/c23-22(24,25)14-5-3-4-13(10-14)18-9-8-15(12-27-18)28-29-19-11-20(33(30,31)32)16-6-1-2-7-17(16)21(19)26;;/h1-12H,26H2,(H,30,31,32);;. The molecular weight excluding hydrogens is 480 g/mol. The first-order chi connectivity index (χ1) is 15.5. The molecule has 3 aromatic carbocycles. The van der Waals surface area contributed by atoms with E-state index in [2.05, 4.69) is 15.2 Å². The Morgan fingerprint density at radius 2 is 1.62 bits per heavy atom. The van der Waals surface area contributed by atoms with Gasteiger partial charge in [0.05, 0.1) is 23.1 Å². The van der Waals surface area contributed by atoms with E-state index in [4.69, 9.17) is 5.73 Å². The molecule has 0 aliphatic carbocycles. The van der Waals surface area contributed by atoms with Crippen molar-refractivity contribution in [2.45, 2.75) is 11.1 Å². The molecule has 0 saturated heterocycles. The third-order valence-corrected chi connectivity index (χ3v) is 5.70. The van der Waals surface area contributed by atoms with Crippen molar-refractivity contribution in [3.05, 3.63) is 78.5 Å². The summed E-state index contributed by atoms with van der Waals surface area (Å²) in [6, 6.07) is 15.2. The summed E-state index contributed by atoms with van der Waals surface area (Å²) < 4.78 is 72.0. The number of nitrogens with two attached hydrogens (primary N) is 1. The number of azo groups is 1. The molecule has 1 heterocycles. The van der Waals surface area contributed by atoms with E-state index >= 15 is 0 Å². The van der Waals surface area contributed by atoms with Gasteiger partial charge in [-0.15, -0.1) is 10.2 Å². The zero-order valence-corrected chi connectivity index (χ0v) is 17.5. The molecule has 170 valence electrons. The maximum atomic E-state index is 12.9. The number of rotatable bonds is 4. The molecule has 0 fully saturated rings. The van der Waals surface area contributed by atoms with Gasteiger partial charge in [-0.05, 0) is 30.3 Å². The second kappa shape index (κ2) is 9.80. The molecule has 0 bridgehead atoms. The number of benzene rings is 3. The number of alkyl halides is 3. The van der Waals surface area contributed by atoms with E-state index in [1.165, 1.54) is 36.5 Å². The number of anilines is 1. The second-order valence-electron chi connectivity index (χ2n) is 7.01. The van der Waals surface area contributed by atoms with E-state index < -0.39 is 21.9 Å². The van der Waals surface area contributed by atoms with Gasteiger partial charge in [-0.1, -0.05) is 36.4 Å². The minimum atomic E-state index is -4.55. The summed E-state index contributed by atoms with van der Waals surface area (Å²) in [7, 11) is -4.55. The third-order valence-electron chi connectivity index (χ3n) is 4.81. The van der Waals surface area contributed by atoms with Gasteiger partial charge in [0.25, 0.3) is 10.1 Å². The van der Waals surface area contributed by atoms with Crippen LogP contribution >= 0.6 is 0 Å². The van der Waals surface area contributed by atoms with Crippen molar-refractivity contribution in [3.8, 4) is 11.3 Å². The van der Waals surface area contributed by atoms with Crippen LogP contribution in [0.3, 0.4) is 0 Å². The zero-order chi connectivity index (χ0) is 23.8. The molecule has 0 radical (unpaired) electrons. The van der Waals surface area contributed by atoms with Crippen molar-refractivity contribution in [2.75, 3.05) is 5.73 Å². The first-order valence-corrected chi connectivity index (χ1v) is 10.8. The Morgan fingerprint density at radius 3 is 2.24 bits per heavy atom. The Hall–Kier alpha value is -2.83. The van der Waals surface area contributed by atoms with Crippen molar-refractivity contribution < 1.29 is 26.1 Å². The predicted molar refractivity (Wildman–Crippen MR) is 124 cm³/mol. The average Bonchev–Trinajstić information content (AvgIpc) is 2.78. The number of hydrogen-bond donors (Lipinski definition) is 2. The molecule has 0 atom stereocenters. The summed E-state index contributed by atoms with van der Waals surface area (Å²) in [6.45, 7) is 0. The van der Waals surface area contributed by atoms with Crippen LogP contribution in [-0.2, 0) is 16.3 Å².